The van der Waals surface area contributed by atoms with Crippen molar-refractivity contribution in [3.63, 3.8) is 0 Å². The Labute approximate surface area is 290 Å². The predicted molar refractivity (Wildman–Crippen MR) is 212 cm³/mol. The van der Waals surface area contributed by atoms with Crippen LogP contribution in [0.4, 0.5) is 17.1 Å². The third kappa shape index (κ3) is 4.31. The van der Waals surface area contributed by atoms with E-state index in [9.17, 15) is 0 Å². The molecule has 1 aliphatic carbocycles. The van der Waals surface area contributed by atoms with E-state index < -0.39 is 0 Å². The minimum absolute atomic E-state index is 0.108. The van der Waals surface area contributed by atoms with Gasteiger partial charge in [0.15, 0.2) is 0 Å². The standard InChI is InChI=1S/C47H33NS/c1-47(2)41-19-11-18-38(46(41)40-27-32-14-5-6-15-33(32)28-42(40)47)36-16-7-9-20-43(36)48(34-23-22-30-12-3-4-13-31(30)26-34)35-24-25-45-39(29-35)37-17-8-10-21-44(37)49-45/h3-29H,1-2H3. The number of para-hydroxylation sites is 1. The van der Waals surface area contributed by atoms with E-state index in [1.807, 2.05) is 11.3 Å². The van der Waals surface area contributed by atoms with Crippen LogP contribution in [-0.4, -0.2) is 0 Å². The molecule has 10 rings (SSSR count). The first-order valence-corrected chi connectivity index (χ1v) is 17.8. The van der Waals surface area contributed by atoms with Gasteiger partial charge >= 0.3 is 0 Å². The molecular formula is C47H33NS. The van der Waals surface area contributed by atoms with Gasteiger partial charge in [0.1, 0.15) is 0 Å². The lowest BCUT2D eigenvalue weighted by Gasteiger charge is -2.29. The molecule has 232 valence electrons. The molecule has 0 amide bonds. The number of anilines is 3. The van der Waals surface area contributed by atoms with Crippen LogP contribution in [0, 0.1) is 0 Å². The minimum Gasteiger partial charge on any atom is -0.310 e. The molecule has 0 bridgehead atoms. The molecule has 49 heavy (non-hydrogen) atoms. The molecule has 8 aromatic carbocycles. The van der Waals surface area contributed by atoms with E-state index in [1.165, 1.54) is 75.1 Å². The van der Waals surface area contributed by atoms with Gasteiger partial charge in [0.25, 0.3) is 0 Å². The summed E-state index contributed by atoms with van der Waals surface area (Å²) in [6.07, 6.45) is 0. The van der Waals surface area contributed by atoms with E-state index in [0.717, 1.165) is 17.1 Å². The van der Waals surface area contributed by atoms with Crippen molar-refractivity contribution < 1.29 is 0 Å². The molecule has 0 spiro atoms. The molecule has 9 aromatic rings. The second kappa shape index (κ2) is 10.7. The number of thiophene rings is 1. The molecule has 0 radical (unpaired) electrons. The third-order valence-electron chi connectivity index (χ3n) is 10.6. The third-order valence-corrected chi connectivity index (χ3v) is 11.8. The molecule has 0 saturated carbocycles. The highest BCUT2D eigenvalue weighted by Gasteiger charge is 2.37. The first kappa shape index (κ1) is 28.3. The second-order valence-corrected chi connectivity index (χ2v) is 14.8. The van der Waals surface area contributed by atoms with Crippen LogP contribution < -0.4 is 4.90 Å². The van der Waals surface area contributed by atoms with Crippen molar-refractivity contribution in [2.45, 2.75) is 19.3 Å². The number of nitrogens with zero attached hydrogens (tertiary/aromatic N) is 1. The molecule has 0 fully saturated rings. The van der Waals surface area contributed by atoms with Gasteiger partial charge in [-0.2, -0.15) is 0 Å². The predicted octanol–water partition coefficient (Wildman–Crippen LogP) is 13.8. The van der Waals surface area contributed by atoms with Gasteiger partial charge in [0, 0.05) is 42.5 Å². The summed E-state index contributed by atoms with van der Waals surface area (Å²) in [5, 5.41) is 7.65. The zero-order chi connectivity index (χ0) is 32.7. The Balaban J connectivity index is 1.24. The van der Waals surface area contributed by atoms with Crippen LogP contribution in [0.1, 0.15) is 25.0 Å². The highest BCUT2D eigenvalue weighted by Crippen LogP contribution is 2.55. The van der Waals surface area contributed by atoms with Crippen molar-refractivity contribution in [2.75, 3.05) is 4.90 Å². The number of hydrogen-bond acceptors (Lipinski definition) is 2. The Kier molecular flexibility index (Phi) is 6.16. The average Bonchev–Trinajstić information content (AvgIpc) is 3.62. The zero-order valence-electron chi connectivity index (χ0n) is 27.4. The van der Waals surface area contributed by atoms with Gasteiger partial charge < -0.3 is 4.90 Å². The summed E-state index contributed by atoms with van der Waals surface area (Å²) in [7, 11) is 0. The molecule has 0 N–H and O–H groups in total. The van der Waals surface area contributed by atoms with Crippen molar-refractivity contribution in [3.8, 4) is 22.3 Å². The monoisotopic (exact) mass is 643 g/mol. The van der Waals surface area contributed by atoms with Crippen LogP contribution in [0.25, 0.3) is 64.0 Å². The van der Waals surface area contributed by atoms with Gasteiger partial charge in [-0.25, -0.2) is 0 Å². The van der Waals surface area contributed by atoms with Gasteiger partial charge in [-0.3, -0.25) is 0 Å². The molecule has 1 aromatic heterocycles. The van der Waals surface area contributed by atoms with Gasteiger partial charge in [-0.1, -0.05) is 123 Å². The smallest absolute Gasteiger partial charge is 0.0540 e. The summed E-state index contributed by atoms with van der Waals surface area (Å²) >= 11 is 1.86. The van der Waals surface area contributed by atoms with Crippen molar-refractivity contribution in [1.29, 1.82) is 0 Å². The molecule has 0 unspecified atom stereocenters. The lowest BCUT2D eigenvalue weighted by atomic mass is 9.81. The number of hydrogen-bond donors (Lipinski definition) is 0. The fourth-order valence-electron chi connectivity index (χ4n) is 8.19. The normalized spacial score (nSPS) is 13.3. The average molecular weight is 644 g/mol. The lowest BCUT2D eigenvalue weighted by Crippen LogP contribution is -2.15. The van der Waals surface area contributed by atoms with E-state index in [1.54, 1.807) is 0 Å². The van der Waals surface area contributed by atoms with E-state index in [0.29, 0.717) is 0 Å². The highest BCUT2D eigenvalue weighted by atomic mass is 32.1. The van der Waals surface area contributed by atoms with Crippen LogP contribution in [0.15, 0.2) is 164 Å². The summed E-state index contributed by atoms with van der Waals surface area (Å²) in [5.41, 5.74) is 11.3. The second-order valence-electron chi connectivity index (χ2n) is 13.8. The molecule has 1 nitrogen and oxygen atoms in total. The van der Waals surface area contributed by atoms with Crippen molar-refractivity contribution in [3.05, 3.63) is 175 Å². The summed E-state index contributed by atoms with van der Waals surface area (Å²) < 4.78 is 2.63. The molecule has 2 heteroatoms. The molecule has 1 aliphatic rings. The Morgan fingerprint density at radius 3 is 1.92 bits per heavy atom. The fourth-order valence-corrected chi connectivity index (χ4v) is 9.28. The van der Waals surface area contributed by atoms with Gasteiger partial charge in [0.05, 0.1) is 5.69 Å². The first-order valence-electron chi connectivity index (χ1n) is 17.0. The molecule has 0 aliphatic heterocycles. The van der Waals surface area contributed by atoms with Gasteiger partial charge in [-0.05, 0) is 104 Å². The number of fused-ring (bicyclic) bond motifs is 8. The largest absolute Gasteiger partial charge is 0.310 e. The minimum atomic E-state index is -0.108. The maximum Gasteiger partial charge on any atom is 0.0540 e. The maximum atomic E-state index is 2.47. The van der Waals surface area contributed by atoms with Crippen molar-refractivity contribution in [2.24, 2.45) is 0 Å². The van der Waals surface area contributed by atoms with Crippen LogP contribution in [0.3, 0.4) is 0 Å². The van der Waals surface area contributed by atoms with Crippen LogP contribution in [0.2, 0.25) is 0 Å². The maximum absolute atomic E-state index is 2.47. The Hall–Kier alpha value is -5.70. The SMILES string of the molecule is CC1(C)c2cc3ccccc3cc2-c2c(-c3ccccc3N(c3ccc4ccccc4c3)c3ccc4sc5ccccc5c4c3)cccc21. The zero-order valence-corrected chi connectivity index (χ0v) is 28.3. The quantitative estimate of drug-likeness (QED) is 0.184. The Morgan fingerprint density at radius 1 is 0.429 bits per heavy atom. The first-order chi connectivity index (χ1) is 24.0. The number of rotatable bonds is 4. The molecule has 0 saturated heterocycles. The topological polar surface area (TPSA) is 3.24 Å². The Bertz CT molecular complexity index is 2770. The fraction of sp³-hybridized carbons (Fsp3) is 0.0638. The molecular weight excluding hydrogens is 611 g/mol. The summed E-state index contributed by atoms with van der Waals surface area (Å²) in [4.78, 5) is 2.47. The van der Waals surface area contributed by atoms with E-state index in [-0.39, 0.29) is 5.41 Å². The van der Waals surface area contributed by atoms with E-state index in [4.69, 9.17) is 0 Å². The molecule has 1 heterocycles. The van der Waals surface area contributed by atoms with Crippen LogP contribution in [0.5, 0.6) is 0 Å². The lowest BCUT2D eigenvalue weighted by molar-refractivity contribution is 0.661. The summed E-state index contributed by atoms with van der Waals surface area (Å²) in [6.45, 7) is 4.76. The van der Waals surface area contributed by atoms with E-state index >= 15 is 0 Å². The van der Waals surface area contributed by atoms with Crippen LogP contribution in [-0.2, 0) is 5.41 Å². The van der Waals surface area contributed by atoms with Crippen LogP contribution >= 0.6 is 11.3 Å². The van der Waals surface area contributed by atoms with Gasteiger partial charge in [-0.15, -0.1) is 11.3 Å². The Morgan fingerprint density at radius 2 is 1.06 bits per heavy atom. The van der Waals surface area contributed by atoms with E-state index in [2.05, 4.69) is 183 Å². The molecule has 0 atom stereocenters. The van der Waals surface area contributed by atoms with Crippen molar-refractivity contribution in [1.82, 2.24) is 0 Å². The number of benzene rings is 8. The summed E-state index contributed by atoms with van der Waals surface area (Å²) in [5.74, 6) is 0. The highest BCUT2D eigenvalue weighted by molar-refractivity contribution is 7.25. The van der Waals surface area contributed by atoms with Crippen molar-refractivity contribution >= 4 is 70.1 Å². The van der Waals surface area contributed by atoms with Gasteiger partial charge in [0.2, 0.25) is 0 Å². The summed E-state index contributed by atoms with van der Waals surface area (Å²) in [6, 6.07) is 60.7.